The summed E-state index contributed by atoms with van der Waals surface area (Å²) in [4.78, 5) is 2.20. The predicted octanol–water partition coefficient (Wildman–Crippen LogP) is 4.56. The van der Waals surface area contributed by atoms with Gasteiger partial charge < -0.3 is 5.32 Å². The van der Waals surface area contributed by atoms with Crippen LogP contribution in [0.4, 0.5) is 0 Å². The van der Waals surface area contributed by atoms with E-state index < -0.39 is 0 Å². The molecule has 1 heterocycles. The van der Waals surface area contributed by atoms with Gasteiger partial charge in [-0.25, -0.2) is 0 Å². The van der Waals surface area contributed by atoms with Gasteiger partial charge >= 0.3 is 0 Å². The van der Waals surface area contributed by atoms with Crippen LogP contribution in [0.25, 0.3) is 4.90 Å². The van der Waals surface area contributed by atoms with Crippen molar-refractivity contribution in [3.05, 3.63) is 51.7 Å². The van der Waals surface area contributed by atoms with E-state index in [9.17, 15) is 0 Å². The van der Waals surface area contributed by atoms with Crippen molar-refractivity contribution in [2.45, 2.75) is 13.3 Å². The van der Waals surface area contributed by atoms with E-state index in [0.717, 1.165) is 23.0 Å². The predicted molar refractivity (Wildman–Crippen MR) is 85.2 cm³/mol. The molecule has 4 heteroatoms. The van der Waals surface area contributed by atoms with Crippen LogP contribution in [0.5, 0.6) is 0 Å². The maximum Gasteiger partial charge on any atom is 0.178 e. The van der Waals surface area contributed by atoms with Crippen molar-refractivity contribution in [1.82, 2.24) is 5.32 Å². The van der Waals surface area contributed by atoms with Gasteiger partial charge in [0.05, 0.1) is 4.99 Å². The second kappa shape index (κ2) is 6.32. The summed E-state index contributed by atoms with van der Waals surface area (Å²) in [6.07, 6.45) is 0.830. The van der Waals surface area contributed by atoms with Gasteiger partial charge in [-0.05, 0) is 37.3 Å². The van der Waals surface area contributed by atoms with Crippen molar-refractivity contribution in [2.24, 2.45) is 0 Å². The molecule has 0 aliphatic carbocycles. The Kier molecular flexibility index (Phi) is 4.75. The molecule has 2 aromatic rings. The second-order valence-electron chi connectivity index (χ2n) is 3.95. The standard InChI is InChI=1S/C14H14ClNS2/c1-2-16-14(17)9-11-7-8-18(10-11)13-5-3-12(15)4-6-13/h3-8,10H,2,9H2,1H3/p+1. The van der Waals surface area contributed by atoms with Gasteiger partial charge in [-0.3, -0.25) is 0 Å². The van der Waals surface area contributed by atoms with Gasteiger partial charge in [0, 0.05) is 34.0 Å². The lowest BCUT2D eigenvalue weighted by Crippen LogP contribution is -2.22. The van der Waals surface area contributed by atoms with E-state index in [2.05, 4.69) is 41.2 Å². The van der Waals surface area contributed by atoms with Crippen molar-refractivity contribution in [3.63, 3.8) is 0 Å². The van der Waals surface area contributed by atoms with Gasteiger partial charge in [0.15, 0.2) is 4.90 Å². The Morgan fingerprint density at radius 1 is 1.28 bits per heavy atom. The van der Waals surface area contributed by atoms with E-state index in [0.29, 0.717) is 0 Å². The van der Waals surface area contributed by atoms with Gasteiger partial charge in [0.2, 0.25) is 0 Å². The first-order chi connectivity index (χ1) is 8.69. The van der Waals surface area contributed by atoms with Crippen molar-refractivity contribution in [3.8, 4) is 4.90 Å². The van der Waals surface area contributed by atoms with E-state index in [1.165, 1.54) is 10.5 Å². The third-order valence-electron chi connectivity index (χ3n) is 2.53. The molecule has 1 atom stereocenters. The summed E-state index contributed by atoms with van der Waals surface area (Å²) in [7, 11) is 0.0620. The Balaban J connectivity index is 2.10. The fraction of sp³-hybridized carbons (Fsp3) is 0.214. The minimum atomic E-state index is 0.0620. The van der Waals surface area contributed by atoms with Crippen LogP contribution in [0, 0.1) is 0 Å². The van der Waals surface area contributed by atoms with Gasteiger partial charge in [0.1, 0.15) is 10.8 Å². The Labute approximate surface area is 121 Å². The Hall–Kier alpha value is -0.900. The molecule has 0 spiro atoms. The maximum absolute atomic E-state index is 5.89. The minimum absolute atomic E-state index is 0.0620. The number of thiophene rings is 1. The Morgan fingerprint density at radius 2 is 2.00 bits per heavy atom. The van der Waals surface area contributed by atoms with Gasteiger partial charge in [-0.2, -0.15) is 0 Å². The molecule has 18 heavy (non-hydrogen) atoms. The van der Waals surface area contributed by atoms with E-state index in [1.54, 1.807) is 0 Å². The average molecular weight is 297 g/mol. The van der Waals surface area contributed by atoms with Crippen LogP contribution in [-0.4, -0.2) is 11.5 Å². The summed E-state index contributed by atoms with van der Waals surface area (Å²) < 4.78 is 0. The van der Waals surface area contributed by atoms with Crippen LogP contribution in [0.3, 0.4) is 0 Å². The lowest BCUT2D eigenvalue weighted by atomic mass is 10.2. The number of hydrogen-bond donors (Lipinski definition) is 1. The third-order valence-corrected chi connectivity index (χ3v) is 4.87. The highest BCUT2D eigenvalue weighted by Crippen LogP contribution is 2.32. The second-order valence-corrected chi connectivity index (χ2v) is 6.60. The normalized spacial score (nSPS) is 11.3. The molecule has 0 radical (unpaired) electrons. The summed E-state index contributed by atoms with van der Waals surface area (Å²) in [5.74, 6) is 0. The van der Waals surface area contributed by atoms with Crippen LogP contribution in [0.2, 0.25) is 5.02 Å². The number of halogens is 1. The number of rotatable bonds is 4. The molecule has 0 fully saturated rings. The molecule has 0 aliphatic rings. The molecule has 1 unspecified atom stereocenters. The monoisotopic (exact) mass is 296 g/mol. The van der Waals surface area contributed by atoms with Crippen molar-refractivity contribution < 1.29 is 0 Å². The van der Waals surface area contributed by atoms with E-state index >= 15 is 0 Å². The fourth-order valence-corrected chi connectivity index (χ4v) is 3.75. The smallest absolute Gasteiger partial charge is 0.178 e. The van der Waals surface area contributed by atoms with Crippen molar-refractivity contribution >= 4 is 39.3 Å². The molecule has 1 aromatic carbocycles. The zero-order valence-corrected chi connectivity index (χ0v) is 12.5. The van der Waals surface area contributed by atoms with E-state index in [1.807, 2.05) is 12.1 Å². The molecule has 0 aliphatic heterocycles. The summed E-state index contributed by atoms with van der Waals surface area (Å²) >= 11 is 11.2. The highest BCUT2D eigenvalue weighted by Gasteiger charge is 2.11. The number of thiocarbonyl (C=S) groups is 1. The van der Waals surface area contributed by atoms with Crippen LogP contribution < -0.4 is 5.32 Å². The van der Waals surface area contributed by atoms with E-state index in [-0.39, 0.29) is 10.5 Å². The lowest BCUT2D eigenvalue weighted by Gasteiger charge is -2.01. The molecular weight excluding hydrogens is 282 g/mol. The zero-order valence-electron chi connectivity index (χ0n) is 10.2. The molecule has 94 valence electrons. The average Bonchev–Trinajstić information content (AvgIpc) is 2.78. The summed E-state index contributed by atoms with van der Waals surface area (Å²) in [5, 5.41) is 8.47. The summed E-state index contributed by atoms with van der Waals surface area (Å²) in [5.41, 5.74) is 1.29. The highest BCUT2D eigenvalue weighted by atomic mass is 35.5. The first kappa shape index (κ1) is 13.5. The first-order valence-corrected chi connectivity index (χ1v) is 7.96. The van der Waals surface area contributed by atoms with E-state index in [4.69, 9.17) is 23.8 Å². The van der Waals surface area contributed by atoms with Crippen molar-refractivity contribution in [2.75, 3.05) is 6.54 Å². The minimum Gasteiger partial charge on any atom is -0.380 e. The zero-order chi connectivity index (χ0) is 13.0. The van der Waals surface area contributed by atoms with Crippen LogP contribution in [-0.2, 0) is 6.42 Å². The quantitative estimate of drug-likeness (QED) is 0.656. The Bertz CT molecular complexity index is 531. The number of likely N-dealkylation sites (N-methyl/N-ethyl adjacent to an activating group) is 1. The molecule has 1 aromatic heterocycles. The largest absolute Gasteiger partial charge is 0.380 e. The SMILES string of the molecule is CCNC(=S)Cc1cc[s+](-c2ccc(Cl)cc2)c1. The van der Waals surface area contributed by atoms with Crippen LogP contribution in [0.1, 0.15) is 12.5 Å². The van der Waals surface area contributed by atoms with Gasteiger partial charge in [-0.15, -0.1) is 0 Å². The molecule has 0 amide bonds. The Morgan fingerprint density at radius 3 is 2.67 bits per heavy atom. The number of hydrogen-bond acceptors (Lipinski definition) is 1. The van der Waals surface area contributed by atoms with Crippen LogP contribution >= 0.6 is 34.3 Å². The van der Waals surface area contributed by atoms with Gasteiger partial charge in [-0.1, -0.05) is 23.8 Å². The molecule has 1 N–H and O–H groups in total. The highest BCUT2D eigenvalue weighted by molar-refractivity contribution is 7.80. The molecule has 1 nitrogen and oxygen atoms in total. The van der Waals surface area contributed by atoms with Gasteiger partial charge in [0.25, 0.3) is 0 Å². The molecule has 0 saturated heterocycles. The van der Waals surface area contributed by atoms with Crippen molar-refractivity contribution in [1.29, 1.82) is 0 Å². The first-order valence-electron chi connectivity index (χ1n) is 5.82. The number of nitrogens with one attached hydrogen (secondary N) is 1. The lowest BCUT2D eigenvalue weighted by molar-refractivity contribution is 0.963. The molecule has 2 rings (SSSR count). The maximum atomic E-state index is 5.89. The topological polar surface area (TPSA) is 12.0 Å². The molecular formula is C14H15ClNS2+. The third kappa shape index (κ3) is 3.55. The van der Waals surface area contributed by atoms with Crippen LogP contribution in [0.15, 0.2) is 41.1 Å². The summed E-state index contributed by atoms with van der Waals surface area (Å²) in [6.45, 7) is 2.95. The molecule has 0 saturated carbocycles. The fourth-order valence-electron chi connectivity index (χ4n) is 1.69. The summed E-state index contributed by atoms with van der Waals surface area (Å²) in [6, 6.07) is 10.2. The molecule has 0 bridgehead atoms. The number of benzene rings is 1.